The zero-order valence-electron chi connectivity index (χ0n) is 18.8. The van der Waals surface area contributed by atoms with Gasteiger partial charge in [0.1, 0.15) is 5.75 Å². The Bertz CT molecular complexity index is 1340. The van der Waals surface area contributed by atoms with Crippen molar-refractivity contribution in [2.45, 2.75) is 24.3 Å². The van der Waals surface area contributed by atoms with E-state index in [0.29, 0.717) is 34.0 Å². The Morgan fingerprint density at radius 3 is 2.52 bits per heavy atom. The zero-order chi connectivity index (χ0) is 23.4. The van der Waals surface area contributed by atoms with Crippen LogP contribution < -0.4 is 15.2 Å². The van der Waals surface area contributed by atoms with Crippen molar-refractivity contribution in [3.63, 3.8) is 0 Å². The van der Waals surface area contributed by atoms with Crippen LogP contribution >= 0.6 is 11.8 Å². The van der Waals surface area contributed by atoms with E-state index in [2.05, 4.69) is 0 Å². The molecule has 168 valence electrons. The molecule has 0 aliphatic heterocycles. The van der Waals surface area contributed by atoms with Gasteiger partial charge in [-0.1, -0.05) is 48.2 Å². The highest BCUT2D eigenvalue weighted by atomic mass is 32.2. The molecule has 7 heteroatoms. The van der Waals surface area contributed by atoms with Crippen molar-refractivity contribution in [3.05, 3.63) is 89.2 Å². The second-order valence-electron chi connectivity index (χ2n) is 7.43. The van der Waals surface area contributed by atoms with Crippen LogP contribution in [0.1, 0.15) is 13.8 Å². The normalized spacial score (nSPS) is 11.8. The number of hydrogen-bond acceptors (Lipinski definition) is 5. The zero-order valence-corrected chi connectivity index (χ0v) is 19.6. The fraction of sp³-hybridized carbons (Fsp3) is 0.192. The maximum Gasteiger partial charge on any atom is 0.266 e. The van der Waals surface area contributed by atoms with E-state index in [1.165, 1.54) is 11.8 Å². The molecule has 0 aliphatic carbocycles. The molecule has 6 nitrogen and oxygen atoms in total. The summed E-state index contributed by atoms with van der Waals surface area (Å²) < 4.78 is 6.91. The second-order valence-corrected chi connectivity index (χ2v) is 8.74. The largest absolute Gasteiger partial charge is 0.497 e. The lowest BCUT2D eigenvalue weighted by atomic mass is 10.2. The van der Waals surface area contributed by atoms with E-state index in [4.69, 9.17) is 9.72 Å². The number of carbonyl (C=O) groups is 1. The summed E-state index contributed by atoms with van der Waals surface area (Å²) in [5.41, 5.74) is 1.88. The van der Waals surface area contributed by atoms with Crippen LogP contribution in [0, 0.1) is 0 Å². The monoisotopic (exact) mass is 459 g/mol. The number of nitrogens with zero attached hydrogens (tertiary/aromatic N) is 3. The highest BCUT2D eigenvalue weighted by molar-refractivity contribution is 8.00. The molecule has 1 unspecified atom stereocenters. The van der Waals surface area contributed by atoms with E-state index >= 15 is 0 Å². The van der Waals surface area contributed by atoms with Gasteiger partial charge in [-0.3, -0.25) is 14.2 Å². The molecule has 0 saturated carbocycles. The standard InChI is InChI=1S/C26H25N3O3S/c1-4-28(19-11-6-5-7-12-19)24(30)18(2)33-26-27-23-16-9-8-15-22(23)25(31)29(26)20-13-10-14-21(17-20)32-3/h5-18H,4H2,1-3H3. The van der Waals surface area contributed by atoms with Crippen molar-refractivity contribution < 1.29 is 9.53 Å². The van der Waals surface area contributed by atoms with Gasteiger partial charge in [0, 0.05) is 18.3 Å². The third-order valence-corrected chi connectivity index (χ3v) is 6.38. The molecule has 0 radical (unpaired) electrons. The average molecular weight is 460 g/mol. The Hall–Kier alpha value is -3.58. The van der Waals surface area contributed by atoms with Crippen molar-refractivity contribution in [3.8, 4) is 11.4 Å². The SMILES string of the molecule is CCN(C(=O)C(C)Sc1nc2ccccc2c(=O)n1-c1cccc(OC)c1)c1ccccc1. The van der Waals surface area contributed by atoms with Gasteiger partial charge < -0.3 is 9.64 Å². The molecule has 4 aromatic rings. The summed E-state index contributed by atoms with van der Waals surface area (Å²) in [7, 11) is 1.58. The molecular formula is C26H25N3O3S. The molecule has 0 aliphatic rings. The molecule has 4 rings (SSSR count). The Labute approximate surface area is 196 Å². The van der Waals surface area contributed by atoms with E-state index in [9.17, 15) is 9.59 Å². The fourth-order valence-electron chi connectivity index (χ4n) is 3.67. The molecule has 1 heterocycles. The number of hydrogen-bond donors (Lipinski definition) is 0. The van der Waals surface area contributed by atoms with Crippen LogP contribution in [-0.2, 0) is 4.79 Å². The average Bonchev–Trinajstić information content (AvgIpc) is 2.85. The molecule has 33 heavy (non-hydrogen) atoms. The first-order valence-electron chi connectivity index (χ1n) is 10.7. The molecule has 0 bridgehead atoms. The number of thioether (sulfide) groups is 1. The molecule has 0 fully saturated rings. The molecule has 0 spiro atoms. The van der Waals surface area contributed by atoms with Crippen LogP contribution in [0.2, 0.25) is 0 Å². The molecule has 3 aromatic carbocycles. The minimum atomic E-state index is -0.463. The summed E-state index contributed by atoms with van der Waals surface area (Å²) in [5.74, 6) is 0.585. The lowest BCUT2D eigenvalue weighted by molar-refractivity contribution is -0.117. The number of para-hydroxylation sites is 2. The number of anilines is 1. The lowest BCUT2D eigenvalue weighted by Crippen LogP contribution is -2.37. The Balaban J connectivity index is 1.78. The smallest absolute Gasteiger partial charge is 0.266 e. The lowest BCUT2D eigenvalue weighted by Gasteiger charge is -2.24. The molecular weight excluding hydrogens is 434 g/mol. The highest BCUT2D eigenvalue weighted by Gasteiger charge is 2.24. The minimum Gasteiger partial charge on any atom is -0.497 e. The third kappa shape index (κ3) is 4.64. The summed E-state index contributed by atoms with van der Waals surface area (Å²) in [5, 5.41) is 0.509. The van der Waals surface area contributed by atoms with E-state index in [0.717, 1.165) is 5.69 Å². The van der Waals surface area contributed by atoms with E-state index in [1.807, 2.05) is 80.6 Å². The molecule has 0 saturated heterocycles. The number of methoxy groups -OCH3 is 1. The van der Waals surface area contributed by atoms with Crippen molar-refractivity contribution in [1.82, 2.24) is 9.55 Å². The maximum absolute atomic E-state index is 13.5. The molecule has 0 N–H and O–H groups in total. The molecule has 1 atom stereocenters. The van der Waals surface area contributed by atoms with Crippen molar-refractivity contribution in [2.75, 3.05) is 18.6 Å². The minimum absolute atomic E-state index is 0.0479. The van der Waals surface area contributed by atoms with Crippen molar-refractivity contribution >= 4 is 34.3 Å². The van der Waals surface area contributed by atoms with E-state index in [1.54, 1.807) is 28.7 Å². The van der Waals surface area contributed by atoms with Gasteiger partial charge in [0.2, 0.25) is 5.91 Å². The van der Waals surface area contributed by atoms with Crippen LogP contribution in [0.25, 0.3) is 16.6 Å². The topological polar surface area (TPSA) is 64.4 Å². The summed E-state index contributed by atoms with van der Waals surface area (Å²) in [6.45, 7) is 4.33. The molecule has 1 amide bonds. The van der Waals surface area contributed by atoms with E-state index < -0.39 is 5.25 Å². The number of rotatable bonds is 7. The van der Waals surface area contributed by atoms with Gasteiger partial charge >= 0.3 is 0 Å². The van der Waals surface area contributed by atoms with Gasteiger partial charge in [-0.15, -0.1) is 0 Å². The van der Waals surface area contributed by atoms with Gasteiger partial charge in [-0.05, 0) is 50.2 Å². The maximum atomic E-state index is 13.5. The first kappa shape index (κ1) is 22.6. The predicted molar refractivity (Wildman–Crippen MR) is 134 cm³/mol. The summed E-state index contributed by atoms with van der Waals surface area (Å²) in [6, 6.07) is 24.1. The number of carbonyl (C=O) groups excluding carboxylic acids is 1. The first-order valence-corrected chi connectivity index (χ1v) is 11.6. The summed E-state index contributed by atoms with van der Waals surface area (Å²) in [6.07, 6.45) is 0. The third-order valence-electron chi connectivity index (χ3n) is 5.34. The Morgan fingerprint density at radius 2 is 1.79 bits per heavy atom. The van der Waals surface area contributed by atoms with E-state index in [-0.39, 0.29) is 11.5 Å². The number of benzene rings is 3. The Morgan fingerprint density at radius 1 is 1.06 bits per heavy atom. The van der Waals surface area contributed by atoms with Crippen LogP contribution in [-0.4, -0.2) is 34.4 Å². The van der Waals surface area contributed by atoms with Crippen molar-refractivity contribution in [2.24, 2.45) is 0 Å². The quantitative estimate of drug-likeness (QED) is 0.290. The summed E-state index contributed by atoms with van der Waals surface area (Å²) in [4.78, 5) is 33.3. The first-order chi connectivity index (χ1) is 16.0. The van der Waals surface area contributed by atoms with Crippen molar-refractivity contribution in [1.29, 1.82) is 0 Å². The van der Waals surface area contributed by atoms with Crippen LogP contribution in [0.5, 0.6) is 5.75 Å². The summed E-state index contributed by atoms with van der Waals surface area (Å²) >= 11 is 1.27. The van der Waals surface area contributed by atoms with Gasteiger partial charge in [-0.25, -0.2) is 4.98 Å². The Kier molecular flexibility index (Phi) is 6.79. The van der Waals surface area contributed by atoms with Crippen LogP contribution in [0.15, 0.2) is 88.8 Å². The second kappa shape index (κ2) is 9.92. The highest BCUT2D eigenvalue weighted by Crippen LogP contribution is 2.28. The van der Waals surface area contributed by atoms with Crippen LogP contribution in [0.4, 0.5) is 5.69 Å². The fourth-order valence-corrected chi connectivity index (χ4v) is 4.66. The van der Waals surface area contributed by atoms with Gasteiger partial charge in [0.15, 0.2) is 5.16 Å². The number of aromatic nitrogens is 2. The van der Waals surface area contributed by atoms with Gasteiger partial charge in [0.25, 0.3) is 5.56 Å². The number of ether oxygens (including phenoxy) is 1. The van der Waals surface area contributed by atoms with Gasteiger partial charge in [-0.2, -0.15) is 0 Å². The predicted octanol–water partition coefficient (Wildman–Crippen LogP) is 4.93. The molecule has 1 aromatic heterocycles. The number of amides is 1. The van der Waals surface area contributed by atoms with Gasteiger partial charge in [0.05, 0.1) is 29.0 Å². The van der Waals surface area contributed by atoms with Crippen LogP contribution in [0.3, 0.4) is 0 Å². The number of fused-ring (bicyclic) bond motifs is 1.